The van der Waals surface area contributed by atoms with Crippen LogP contribution in [0.3, 0.4) is 0 Å². The number of hydrogen-bond donors (Lipinski definition) is 1. The first-order chi connectivity index (χ1) is 10.1. The normalized spacial score (nSPS) is 11.3. The Hall–Kier alpha value is -2.68. The molecule has 21 heavy (non-hydrogen) atoms. The van der Waals surface area contributed by atoms with Crippen molar-refractivity contribution in [2.75, 3.05) is 0 Å². The summed E-state index contributed by atoms with van der Waals surface area (Å²) in [6.07, 6.45) is 1.74. The number of hydrogen-bond acceptors (Lipinski definition) is 3. The van der Waals surface area contributed by atoms with Crippen LogP contribution in [0, 0.1) is 13.8 Å². The van der Waals surface area contributed by atoms with Crippen molar-refractivity contribution < 1.29 is 5.11 Å². The van der Waals surface area contributed by atoms with E-state index in [0.717, 1.165) is 27.9 Å². The van der Waals surface area contributed by atoms with Gasteiger partial charge in [-0.05, 0) is 37.1 Å². The maximum atomic E-state index is 9.86. The van der Waals surface area contributed by atoms with E-state index in [4.69, 9.17) is 0 Å². The molecule has 3 aromatic rings. The van der Waals surface area contributed by atoms with Gasteiger partial charge in [-0.1, -0.05) is 36.4 Å². The Morgan fingerprint density at radius 2 is 1.67 bits per heavy atom. The largest absolute Gasteiger partial charge is 0.506 e. The molecule has 1 aromatic heterocycles. The van der Waals surface area contributed by atoms with E-state index in [9.17, 15) is 5.11 Å². The van der Waals surface area contributed by atoms with Crippen molar-refractivity contribution in [2.45, 2.75) is 13.8 Å². The highest BCUT2D eigenvalue weighted by Crippen LogP contribution is 2.24. The van der Waals surface area contributed by atoms with Gasteiger partial charge in [-0.3, -0.25) is 4.99 Å². The van der Waals surface area contributed by atoms with Gasteiger partial charge in [-0.25, -0.2) is 4.98 Å². The molecule has 3 rings (SSSR count). The second-order valence-electron chi connectivity index (χ2n) is 5.08. The molecule has 0 fully saturated rings. The van der Waals surface area contributed by atoms with Crippen molar-refractivity contribution in [3.8, 4) is 5.75 Å². The van der Waals surface area contributed by atoms with Crippen LogP contribution < -0.4 is 0 Å². The van der Waals surface area contributed by atoms with E-state index in [1.165, 1.54) is 0 Å². The fourth-order valence-corrected chi connectivity index (χ4v) is 2.36. The lowest BCUT2D eigenvalue weighted by Crippen LogP contribution is -1.89. The third-order valence-electron chi connectivity index (χ3n) is 3.49. The molecule has 0 aliphatic rings. The molecule has 1 N–H and O–H groups in total. The average molecular weight is 276 g/mol. The summed E-state index contributed by atoms with van der Waals surface area (Å²) in [4.78, 5) is 8.99. The smallest absolute Gasteiger partial charge is 0.141 e. The van der Waals surface area contributed by atoms with Gasteiger partial charge in [-0.15, -0.1) is 0 Å². The first-order valence-electron chi connectivity index (χ1n) is 6.84. The molecule has 2 aromatic carbocycles. The number of aromatic nitrogens is 1. The van der Waals surface area contributed by atoms with Gasteiger partial charge in [0.05, 0.1) is 17.6 Å². The number of phenolic OH excluding ortho intramolecular Hbond substituents is 1. The van der Waals surface area contributed by atoms with E-state index in [1.807, 2.05) is 56.3 Å². The molecule has 0 unspecified atom stereocenters. The zero-order valence-corrected chi connectivity index (χ0v) is 12.0. The topological polar surface area (TPSA) is 45.5 Å². The van der Waals surface area contributed by atoms with Crippen LogP contribution >= 0.6 is 0 Å². The standard InChI is InChI=1S/C18H16N2O/c1-12-5-3-6-13(2)17(12)19-11-15-10-9-14-7-4-8-16(21)18(14)20-15/h3-11,21H,1-2H3/b19-11+. The molecule has 0 spiro atoms. The monoisotopic (exact) mass is 276 g/mol. The first kappa shape index (κ1) is 13.3. The van der Waals surface area contributed by atoms with Crippen molar-refractivity contribution in [2.24, 2.45) is 4.99 Å². The minimum absolute atomic E-state index is 0.190. The highest BCUT2D eigenvalue weighted by Gasteiger charge is 2.02. The molecule has 0 bridgehead atoms. The minimum Gasteiger partial charge on any atom is -0.506 e. The molecule has 0 aliphatic heterocycles. The molecule has 0 saturated heterocycles. The van der Waals surface area contributed by atoms with Gasteiger partial charge in [-0.2, -0.15) is 0 Å². The molecule has 0 atom stereocenters. The van der Waals surface area contributed by atoms with Crippen molar-refractivity contribution in [1.82, 2.24) is 4.98 Å². The van der Waals surface area contributed by atoms with E-state index in [2.05, 4.69) is 9.98 Å². The van der Waals surface area contributed by atoms with Gasteiger partial charge in [0.1, 0.15) is 11.3 Å². The second kappa shape index (κ2) is 5.37. The Bertz CT molecular complexity index is 817. The Kier molecular flexibility index (Phi) is 3.40. The molecule has 0 saturated carbocycles. The molecule has 1 heterocycles. The van der Waals surface area contributed by atoms with E-state index in [0.29, 0.717) is 5.52 Å². The minimum atomic E-state index is 0.190. The number of aryl methyl sites for hydroxylation is 2. The number of nitrogens with zero attached hydrogens (tertiary/aromatic N) is 2. The number of fused-ring (bicyclic) bond motifs is 1. The lowest BCUT2D eigenvalue weighted by atomic mass is 10.1. The number of para-hydroxylation sites is 2. The van der Waals surface area contributed by atoms with Gasteiger partial charge in [0.2, 0.25) is 0 Å². The second-order valence-corrected chi connectivity index (χ2v) is 5.08. The van der Waals surface area contributed by atoms with E-state index >= 15 is 0 Å². The van der Waals surface area contributed by atoms with Gasteiger partial charge in [0, 0.05) is 5.39 Å². The lowest BCUT2D eigenvalue weighted by molar-refractivity contribution is 0.480. The molecule has 3 nitrogen and oxygen atoms in total. The summed E-state index contributed by atoms with van der Waals surface area (Å²) in [6.45, 7) is 4.08. The molecule has 0 radical (unpaired) electrons. The molecule has 3 heteroatoms. The van der Waals surface area contributed by atoms with Gasteiger partial charge in [0.25, 0.3) is 0 Å². The zero-order chi connectivity index (χ0) is 14.8. The summed E-state index contributed by atoms with van der Waals surface area (Å²) >= 11 is 0. The van der Waals surface area contributed by atoms with Crippen molar-refractivity contribution >= 4 is 22.8 Å². The summed E-state index contributed by atoms with van der Waals surface area (Å²) in [5.74, 6) is 0.190. The first-order valence-corrected chi connectivity index (χ1v) is 6.84. The molecule has 104 valence electrons. The number of pyridine rings is 1. The van der Waals surface area contributed by atoms with E-state index < -0.39 is 0 Å². The molecular weight excluding hydrogens is 260 g/mol. The maximum absolute atomic E-state index is 9.86. The Morgan fingerprint density at radius 1 is 0.952 bits per heavy atom. The summed E-state index contributed by atoms with van der Waals surface area (Å²) in [5.41, 5.74) is 4.57. The number of aromatic hydroxyl groups is 1. The lowest BCUT2D eigenvalue weighted by Gasteiger charge is -2.04. The predicted molar refractivity (Wildman–Crippen MR) is 86.6 cm³/mol. The van der Waals surface area contributed by atoms with Crippen molar-refractivity contribution in [3.05, 3.63) is 65.4 Å². The van der Waals surface area contributed by atoms with Crippen LogP contribution in [0.2, 0.25) is 0 Å². The fourth-order valence-electron chi connectivity index (χ4n) is 2.36. The van der Waals surface area contributed by atoms with Crippen molar-refractivity contribution in [1.29, 1.82) is 0 Å². The van der Waals surface area contributed by atoms with Gasteiger partial charge >= 0.3 is 0 Å². The number of benzene rings is 2. The Labute approximate surface area is 123 Å². The quantitative estimate of drug-likeness (QED) is 0.709. The van der Waals surface area contributed by atoms with E-state index in [-0.39, 0.29) is 5.75 Å². The van der Waals surface area contributed by atoms with Crippen LogP contribution in [0.25, 0.3) is 10.9 Å². The average Bonchev–Trinajstić information content (AvgIpc) is 2.47. The van der Waals surface area contributed by atoms with E-state index in [1.54, 1.807) is 12.3 Å². The van der Waals surface area contributed by atoms with Crippen LogP contribution in [0.4, 0.5) is 5.69 Å². The zero-order valence-electron chi connectivity index (χ0n) is 12.0. The van der Waals surface area contributed by atoms with Crippen LogP contribution in [0.1, 0.15) is 16.8 Å². The molecule has 0 aliphatic carbocycles. The SMILES string of the molecule is Cc1cccc(C)c1/N=C/c1ccc2cccc(O)c2n1. The third-order valence-corrected chi connectivity index (χ3v) is 3.49. The Morgan fingerprint density at radius 3 is 2.43 bits per heavy atom. The molecule has 0 amide bonds. The van der Waals surface area contributed by atoms with Crippen LogP contribution in [-0.2, 0) is 0 Å². The Balaban J connectivity index is 2.02. The van der Waals surface area contributed by atoms with Crippen molar-refractivity contribution in [3.63, 3.8) is 0 Å². The van der Waals surface area contributed by atoms with Gasteiger partial charge < -0.3 is 5.11 Å². The maximum Gasteiger partial charge on any atom is 0.141 e. The number of phenols is 1. The summed E-state index contributed by atoms with van der Waals surface area (Å²) in [6, 6.07) is 15.3. The number of rotatable bonds is 2. The highest BCUT2D eigenvalue weighted by atomic mass is 16.3. The number of aliphatic imine (C=N–C) groups is 1. The highest BCUT2D eigenvalue weighted by molar-refractivity contribution is 5.89. The van der Waals surface area contributed by atoms with Gasteiger partial charge in [0.15, 0.2) is 0 Å². The van der Waals surface area contributed by atoms with Crippen LogP contribution in [0.5, 0.6) is 5.75 Å². The summed E-state index contributed by atoms with van der Waals surface area (Å²) < 4.78 is 0. The fraction of sp³-hybridized carbons (Fsp3) is 0.111. The van der Waals surface area contributed by atoms with Crippen LogP contribution in [0.15, 0.2) is 53.5 Å². The summed E-state index contributed by atoms with van der Waals surface area (Å²) in [7, 11) is 0. The van der Waals surface area contributed by atoms with Crippen LogP contribution in [-0.4, -0.2) is 16.3 Å². The summed E-state index contributed by atoms with van der Waals surface area (Å²) in [5, 5.41) is 10.8. The molecular formula is C18H16N2O. The predicted octanol–water partition coefficient (Wildman–Crippen LogP) is 4.31. The third kappa shape index (κ3) is 2.63.